The Labute approximate surface area is 188 Å². The molecule has 1 unspecified atom stereocenters. The third kappa shape index (κ3) is 4.32. The number of fused-ring (bicyclic) bond motifs is 3. The minimum atomic E-state index is 0.291. The number of allylic oxidation sites excluding steroid dienone is 5. The quantitative estimate of drug-likeness (QED) is 0.449. The maximum absolute atomic E-state index is 6.28. The fourth-order valence-corrected chi connectivity index (χ4v) is 5.10. The highest BCUT2D eigenvalue weighted by Crippen LogP contribution is 2.38. The Morgan fingerprint density at radius 1 is 1.13 bits per heavy atom. The second kappa shape index (κ2) is 9.13. The van der Waals surface area contributed by atoms with E-state index in [1.165, 1.54) is 27.0 Å². The molecule has 0 bridgehead atoms. The Morgan fingerprint density at radius 2 is 2.03 bits per heavy atom. The van der Waals surface area contributed by atoms with E-state index in [0.717, 1.165) is 30.0 Å². The van der Waals surface area contributed by atoms with E-state index in [1.54, 1.807) is 0 Å². The number of benzene rings is 2. The first-order valence-corrected chi connectivity index (χ1v) is 11.8. The van der Waals surface area contributed by atoms with E-state index < -0.39 is 0 Å². The molecule has 1 aliphatic heterocycles. The lowest BCUT2D eigenvalue weighted by atomic mass is 10.0. The Hall–Kier alpha value is -2.82. The molecule has 0 saturated heterocycles. The number of rotatable bonds is 5. The normalized spacial score (nSPS) is 17.0. The molecule has 0 radical (unpaired) electrons. The first-order chi connectivity index (χ1) is 15.3. The molecular formula is C27H26N2OS. The van der Waals surface area contributed by atoms with Crippen molar-refractivity contribution in [2.45, 2.75) is 31.7 Å². The zero-order chi connectivity index (χ0) is 21.0. The van der Waals surface area contributed by atoms with Crippen LogP contribution < -0.4 is 4.74 Å². The Bertz CT molecular complexity index is 1170. The van der Waals surface area contributed by atoms with Gasteiger partial charge in [0.05, 0.1) is 0 Å². The molecule has 156 valence electrons. The fourth-order valence-electron chi connectivity index (χ4n) is 4.17. The van der Waals surface area contributed by atoms with E-state index in [0.29, 0.717) is 12.8 Å². The zero-order valence-corrected chi connectivity index (χ0v) is 18.5. The van der Waals surface area contributed by atoms with Gasteiger partial charge in [-0.15, -0.1) is 11.8 Å². The molecule has 2 aromatic carbocycles. The summed E-state index contributed by atoms with van der Waals surface area (Å²) in [5.74, 6) is 1.85. The van der Waals surface area contributed by atoms with Gasteiger partial charge in [-0.25, -0.2) is 0 Å². The summed E-state index contributed by atoms with van der Waals surface area (Å²) in [4.78, 5) is 8.37. The largest absolute Gasteiger partial charge is 0.475 e. The minimum absolute atomic E-state index is 0.291. The highest BCUT2D eigenvalue weighted by atomic mass is 32.2. The highest BCUT2D eigenvalue weighted by molar-refractivity contribution is 8.02. The van der Waals surface area contributed by atoms with Crippen molar-refractivity contribution in [1.82, 2.24) is 9.88 Å². The number of aromatic nitrogens is 1. The van der Waals surface area contributed by atoms with E-state index >= 15 is 0 Å². The van der Waals surface area contributed by atoms with Crippen molar-refractivity contribution < 1.29 is 4.74 Å². The van der Waals surface area contributed by atoms with Crippen molar-refractivity contribution in [3.05, 3.63) is 107 Å². The summed E-state index contributed by atoms with van der Waals surface area (Å²) >= 11 is 1.87. The molecule has 3 nitrogen and oxygen atoms in total. The molecule has 2 heterocycles. The molecule has 3 aromatic rings. The summed E-state index contributed by atoms with van der Waals surface area (Å²) in [6.07, 6.45) is 13.8. The average molecular weight is 427 g/mol. The Morgan fingerprint density at radius 3 is 2.94 bits per heavy atom. The van der Waals surface area contributed by atoms with Crippen molar-refractivity contribution in [2.24, 2.45) is 0 Å². The van der Waals surface area contributed by atoms with Gasteiger partial charge in [0.25, 0.3) is 0 Å². The summed E-state index contributed by atoms with van der Waals surface area (Å²) < 4.78 is 6.28. The molecule has 4 heteroatoms. The second-order valence-electron chi connectivity index (χ2n) is 7.95. The van der Waals surface area contributed by atoms with E-state index in [9.17, 15) is 0 Å². The van der Waals surface area contributed by atoms with Crippen molar-refractivity contribution in [3.8, 4) is 5.75 Å². The van der Waals surface area contributed by atoms with Gasteiger partial charge in [0.1, 0.15) is 12.2 Å². The van der Waals surface area contributed by atoms with Gasteiger partial charge in [0, 0.05) is 40.4 Å². The lowest BCUT2D eigenvalue weighted by Crippen LogP contribution is -2.34. The molecule has 0 fully saturated rings. The number of hydrogen-bond donors (Lipinski definition) is 0. The number of thioether (sulfide) groups is 1. The maximum atomic E-state index is 6.28. The monoisotopic (exact) mass is 426 g/mol. The molecule has 1 atom stereocenters. The van der Waals surface area contributed by atoms with Crippen LogP contribution in [0.3, 0.4) is 0 Å². The Balaban J connectivity index is 1.45. The van der Waals surface area contributed by atoms with Crippen molar-refractivity contribution in [1.29, 1.82) is 0 Å². The predicted molar refractivity (Wildman–Crippen MR) is 130 cm³/mol. The Kier molecular flexibility index (Phi) is 5.92. The van der Waals surface area contributed by atoms with Crippen molar-refractivity contribution >= 4 is 22.7 Å². The predicted octanol–water partition coefficient (Wildman–Crippen LogP) is 6.78. The van der Waals surface area contributed by atoms with Crippen LogP contribution in [-0.2, 0) is 12.3 Å². The fraction of sp³-hybridized carbons (Fsp3) is 0.222. The van der Waals surface area contributed by atoms with Gasteiger partial charge in [-0.05, 0) is 42.7 Å². The number of pyridine rings is 1. The van der Waals surface area contributed by atoms with E-state index in [2.05, 4.69) is 84.7 Å². The van der Waals surface area contributed by atoms with Crippen molar-refractivity contribution in [3.63, 3.8) is 0 Å². The topological polar surface area (TPSA) is 25.4 Å². The summed E-state index contributed by atoms with van der Waals surface area (Å²) in [5, 5.41) is 1.19. The van der Waals surface area contributed by atoms with Crippen LogP contribution in [0.5, 0.6) is 5.75 Å². The van der Waals surface area contributed by atoms with Crippen LogP contribution in [-0.4, -0.2) is 16.6 Å². The van der Waals surface area contributed by atoms with Gasteiger partial charge in [-0.3, -0.25) is 9.88 Å². The third-order valence-corrected chi connectivity index (χ3v) is 6.99. The molecule has 5 rings (SSSR count). The average Bonchev–Trinajstić information content (AvgIpc) is 3.11. The van der Waals surface area contributed by atoms with Crippen LogP contribution in [0, 0.1) is 0 Å². The van der Waals surface area contributed by atoms with Crippen LogP contribution in [0.4, 0.5) is 0 Å². The van der Waals surface area contributed by atoms with Gasteiger partial charge < -0.3 is 4.74 Å². The number of nitrogens with zero attached hydrogens (tertiary/aromatic N) is 2. The zero-order valence-electron chi connectivity index (χ0n) is 17.7. The second-order valence-corrected chi connectivity index (χ2v) is 9.00. The van der Waals surface area contributed by atoms with Gasteiger partial charge in [-0.1, -0.05) is 60.7 Å². The van der Waals surface area contributed by atoms with Crippen LogP contribution in [0.1, 0.15) is 36.1 Å². The van der Waals surface area contributed by atoms with Crippen LogP contribution in [0.25, 0.3) is 10.9 Å². The van der Waals surface area contributed by atoms with Crippen molar-refractivity contribution in [2.75, 3.05) is 6.73 Å². The van der Waals surface area contributed by atoms with E-state index in [4.69, 9.17) is 9.72 Å². The first-order valence-electron chi connectivity index (χ1n) is 10.8. The number of hydrogen-bond acceptors (Lipinski definition) is 4. The molecule has 0 saturated carbocycles. The molecule has 0 amide bonds. The van der Waals surface area contributed by atoms with E-state index in [1.807, 2.05) is 24.0 Å². The molecule has 1 aliphatic carbocycles. The maximum Gasteiger partial charge on any atom is 0.152 e. The van der Waals surface area contributed by atoms with Gasteiger partial charge >= 0.3 is 0 Å². The van der Waals surface area contributed by atoms with Gasteiger partial charge in [-0.2, -0.15) is 0 Å². The molecule has 2 aliphatic rings. The highest BCUT2D eigenvalue weighted by Gasteiger charge is 2.25. The smallest absolute Gasteiger partial charge is 0.152 e. The lowest BCUT2D eigenvalue weighted by molar-refractivity contribution is 0.0629. The van der Waals surface area contributed by atoms with Gasteiger partial charge in [0.2, 0.25) is 0 Å². The van der Waals surface area contributed by atoms with Crippen LogP contribution in [0.15, 0.2) is 90.0 Å². The minimum Gasteiger partial charge on any atom is -0.475 e. The van der Waals surface area contributed by atoms with Gasteiger partial charge in [0.15, 0.2) is 5.75 Å². The van der Waals surface area contributed by atoms with Crippen LogP contribution >= 0.6 is 11.8 Å². The molecular weight excluding hydrogens is 400 g/mol. The molecule has 0 spiro atoms. The summed E-state index contributed by atoms with van der Waals surface area (Å²) in [5.41, 5.74) is 4.82. The lowest BCUT2D eigenvalue weighted by Gasteiger charge is -2.34. The summed E-state index contributed by atoms with van der Waals surface area (Å²) in [6, 6.07) is 17.4. The molecule has 31 heavy (non-hydrogen) atoms. The van der Waals surface area contributed by atoms with E-state index in [-0.39, 0.29) is 0 Å². The molecule has 0 N–H and O–H groups in total. The summed E-state index contributed by atoms with van der Waals surface area (Å²) in [7, 11) is 0. The SMILES string of the molecule is CC(c1ccccc1)N1COc2c(cc(CSC3=CC=CCC=C3)c3cccnc23)C1. The summed E-state index contributed by atoms with van der Waals surface area (Å²) in [6.45, 7) is 3.69. The number of ether oxygens (including phenoxy) is 1. The molecule has 1 aromatic heterocycles. The standard InChI is InChI=1S/C27H26N2OS/c1-20(21-10-5-4-6-11-21)29-17-22-16-23(18-31-24-12-7-2-3-8-13-24)25-14-9-15-28-26(25)27(22)30-19-29/h2,4-16,20H,3,17-19H2,1H3. The first kappa shape index (κ1) is 20.1. The van der Waals surface area contributed by atoms with Crippen LogP contribution in [0.2, 0.25) is 0 Å². The third-order valence-electron chi connectivity index (χ3n) is 5.93.